The normalized spacial score (nSPS) is 22.1. The van der Waals surface area contributed by atoms with Crippen molar-refractivity contribution in [2.75, 3.05) is 32.4 Å². The zero-order valence-electron chi connectivity index (χ0n) is 12.3. The molecule has 1 aromatic rings. The first kappa shape index (κ1) is 15.9. The van der Waals surface area contributed by atoms with Gasteiger partial charge in [0.05, 0.1) is 18.4 Å². The van der Waals surface area contributed by atoms with Crippen LogP contribution in [0, 0.1) is 5.92 Å². The predicted octanol–water partition coefficient (Wildman–Crippen LogP) is -1.40. The Morgan fingerprint density at radius 2 is 2.14 bits per heavy atom. The van der Waals surface area contributed by atoms with Crippen LogP contribution in [-0.4, -0.2) is 65.7 Å². The summed E-state index contributed by atoms with van der Waals surface area (Å²) in [5.41, 5.74) is 6.42. The average Bonchev–Trinajstić information content (AvgIpc) is 2.63. The molecule has 2 heterocycles. The van der Waals surface area contributed by atoms with Crippen molar-refractivity contribution in [1.29, 1.82) is 0 Å². The molecule has 0 aromatic carbocycles. The molecular formula is C12H21N5O3S. The fraction of sp³-hybridized carbons (Fsp3) is 0.667. The molecule has 0 saturated carbocycles. The van der Waals surface area contributed by atoms with Gasteiger partial charge in [-0.05, 0) is 0 Å². The lowest BCUT2D eigenvalue weighted by molar-refractivity contribution is -0.122. The highest BCUT2D eigenvalue weighted by atomic mass is 32.2. The van der Waals surface area contributed by atoms with Crippen LogP contribution >= 0.6 is 0 Å². The molecular weight excluding hydrogens is 294 g/mol. The number of hydrogen-bond acceptors (Lipinski definition) is 5. The summed E-state index contributed by atoms with van der Waals surface area (Å²) >= 11 is 0. The highest BCUT2D eigenvalue weighted by molar-refractivity contribution is 7.88. The SMILES string of the molecule is Cn1cc(CN2CCN(S(C)(=O)=O)C[C@@H](C(N)=O)C2)cn1. The summed E-state index contributed by atoms with van der Waals surface area (Å²) in [6, 6.07) is 0. The lowest BCUT2D eigenvalue weighted by atomic mass is 10.1. The van der Waals surface area contributed by atoms with Crippen molar-refractivity contribution in [3.05, 3.63) is 18.0 Å². The molecule has 1 atom stereocenters. The number of primary amides is 1. The zero-order chi connectivity index (χ0) is 15.6. The Bertz CT molecular complexity index is 612. The summed E-state index contributed by atoms with van der Waals surface area (Å²) in [7, 11) is -1.49. The van der Waals surface area contributed by atoms with Gasteiger partial charge < -0.3 is 5.73 Å². The molecule has 9 heteroatoms. The molecule has 0 unspecified atom stereocenters. The monoisotopic (exact) mass is 315 g/mol. The number of sulfonamides is 1. The second kappa shape index (κ2) is 6.12. The number of nitrogens with zero attached hydrogens (tertiary/aromatic N) is 4. The van der Waals surface area contributed by atoms with Gasteiger partial charge in [0.1, 0.15) is 0 Å². The Labute approximate surface area is 124 Å². The van der Waals surface area contributed by atoms with Gasteiger partial charge >= 0.3 is 0 Å². The fourth-order valence-corrected chi connectivity index (χ4v) is 3.35. The van der Waals surface area contributed by atoms with Crippen LogP contribution in [0.15, 0.2) is 12.4 Å². The Hall–Kier alpha value is -1.45. The molecule has 21 heavy (non-hydrogen) atoms. The van der Waals surface area contributed by atoms with E-state index in [-0.39, 0.29) is 6.54 Å². The molecule has 1 aromatic heterocycles. The first-order valence-corrected chi connectivity index (χ1v) is 8.55. The summed E-state index contributed by atoms with van der Waals surface area (Å²) in [6.45, 7) is 2.15. The molecule has 0 aliphatic carbocycles. The van der Waals surface area contributed by atoms with Crippen molar-refractivity contribution < 1.29 is 13.2 Å². The Morgan fingerprint density at radius 1 is 1.43 bits per heavy atom. The van der Waals surface area contributed by atoms with Crippen LogP contribution in [0.4, 0.5) is 0 Å². The predicted molar refractivity (Wildman–Crippen MR) is 77.6 cm³/mol. The molecule has 0 radical (unpaired) electrons. The maximum absolute atomic E-state index is 11.7. The molecule has 1 fully saturated rings. The molecule has 8 nitrogen and oxygen atoms in total. The highest BCUT2D eigenvalue weighted by Crippen LogP contribution is 2.14. The van der Waals surface area contributed by atoms with Gasteiger partial charge in [-0.15, -0.1) is 0 Å². The van der Waals surface area contributed by atoms with Gasteiger partial charge in [0, 0.05) is 51.5 Å². The third kappa shape index (κ3) is 4.26. The smallest absolute Gasteiger partial charge is 0.223 e. The van der Waals surface area contributed by atoms with Crippen LogP contribution in [-0.2, 0) is 28.4 Å². The second-order valence-electron chi connectivity index (χ2n) is 5.48. The van der Waals surface area contributed by atoms with E-state index >= 15 is 0 Å². The minimum atomic E-state index is -3.33. The Balaban J connectivity index is 2.12. The fourth-order valence-electron chi connectivity index (χ4n) is 2.49. The van der Waals surface area contributed by atoms with Gasteiger partial charge in [0.15, 0.2) is 0 Å². The summed E-state index contributed by atoms with van der Waals surface area (Å²) in [5, 5.41) is 4.11. The maximum Gasteiger partial charge on any atom is 0.223 e. The molecule has 1 aliphatic heterocycles. The zero-order valence-corrected chi connectivity index (χ0v) is 13.1. The number of hydrogen-bond donors (Lipinski definition) is 1. The lowest BCUT2D eigenvalue weighted by Crippen LogP contribution is -2.40. The third-order valence-electron chi connectivity index (χ3n) is 3.60. The average molecular weight is 315 g/mol. The van der Waals surface area contributed by atoms with Crippen LogP contribution in [0.2, 0.25) is 0 Å². The third-order valence-corrected chi connectivity index (χ3v) is 4.87. The number of carbonyl (C=O) groups is 1. The quantitative estimate of drug-likeness (QED) is 0.736. The van der Waals surface area contributed by atoms with E-state index in [0.29, 0.717) is 26.2 Å². The Kier molecular flexibility index (Phi) is 4.64. The van der Waals surface area contributed by atoms with E-state index in [1.807, 2.05) is 18.1 Å². The van der Waals surface area contributed by atoms with Crippen LogP contribution < -0.4 is 5.73 Å². The number of nitrogens with two attached hydrogens (primary N) is 1. The Morgan fingerprint density at radius 3 is 2.67 bits per heavy atom. The van der Waals surface area contributed by atoms with E-state index < -0.39 is 21.8 Å². The van der Waals surface area contributed by atoms with Crippen molar-refractivity contribution in [3.8, 4) is 0 Å². The number of amides is 1. The van der Waals surface area contributed by atoms with Gasteiger partial charge in [0.25, 0.3) is 0 Å². The second-order valence-corrected chi connectivity index (χ2v) is 7.46. The van der Waals surface area contributed by atoms with E-state index in [0.717, 1.165) is 11.8 Å². The van der Waals surface area contributed by atoms with Crippen molar-refractivity contribution >= 4 is 15.9 Å². The highest BCUT2D eigenvalue weighted by Gasteiger charge is 2.30. The largest absolute Gasteiger partial charge is 0.369 e. The summed E-state index contributed by atoms with van der Waals surface area (Å²) < 4.78 is 26.5. The van der Waals surface area contributed by atoms with E-state index in [9.17, 15) is 13.2 Å². The van der Waals surface area contributed by atoms with Gasteiger partial charge in [-0.3, -0.25) is 14.4 Å². The van der Waals surface area contributed by atoms with Gasteiger partial charge in [0.2, 0.25) is 15.9 Å². The van der Waals surface area contributed by atoms with E-state index in [1.165, 1.54) is 4.31 Å². The maximum atomic E-state index is 11.7. The van der Waals surface area contributed by atoms with Crippen molar-refractivity contribution in [1.82, 2.24) is 19.0 Å². The first-order chi connectivity index (χ1) is 9.75. The molecule has 118 valence electrons. The molecule has 1 saturated heterocycles. The molecule has 2 rings (SSSR count). The topological polar surface area (TPSA) is 102 Å². The van der Waals surface area contributed by atoms with Crippen LogP contribution in [0.1, 0.15) is 5.56 Å². The molecule has 1 aliphatic rings. The number of rotatable bonds is 4. The molecule has 2 N–H and O–H groups in total. The van der Waals surface area contributed by atoms with Crippen LogP contribution in [0.25, 0.3) is 0 Å². The standard InChI is InChI=1S/C12H21N5O3S/c1-15-6-10(5-14-15)7-16-3-4-17(21(2,19)20)9-11(8-16)12(13)18/h5-6,11H,3-4,7-9H2,1-2H3,(H2,13,18)/t11-/m0/s1. The van der Waals surface area contributed by atoms with Crippen molar-refractivity contribution in [2.45, 2.75) is 6.54 Å². The van der Waals surface area contributed by atoms with Gasteiger partial charge in [-0.2, -0.15) is 5.10 Å². The minimum Gasteiger partial charge on any atom is -0.369 e. The number of aryl methyl sites for hydroxylation is 1. The summed E-state index contributed by atoms with van der Waals surface area (Å²) in [5.74, 6) is -0.972. The lowest BCUT2D eigenvalue weighted by Gasteiger charge is -2.21. The van der Waals surface area contributed by atoms with Crippen molar-refractivity contribution in [2.24, 2.45) is 18.7 Å². The van der Waals surface area contributed by atoms with Crippen LogP contribution in [0.5, 0.6) is 0 Å². The van der Waals surface area contributed by atoms with Gasteiger partial charge in [-0.1, -0.05) is 0 Å². The van der Waals surface area contributed by atoms with Crippen molar-refractivity contribution in [3.63, 3.8) is 0 Å². The summed E-state index contributed by atoms with van der Waals surface area (Å²) in [6.07, 6.45) is 4.82. The minimum absolute atomic E-state index is 0.151. The molecule has 0 spiro atoms. The number of aromatic nitrogens is 2. The van der Waals surface area contributed by atoms with E-state index in [4.69, 9.17) is 5.73 Å². The molecule has 0 bridgehead atoms. The number of carbonyl (C=O) groups excluding carboxylic acids is 1. The first-order valence-electron chi connectivity index (χ1n) is 6.70. The van der Waals surface area contributed by atoms with Gasteiger partial charge in [-0.25, -0.2) is 12.7 Å². The van der Waals surface area contributed by atoms with E-state index in [2.05, 4.69) is 5.10 Å². The van der Waals surface area contributed by atoms with E-state index in [1.54, 1.807) is 10.9 Å². The molecule has 1 amide bonds. The summed E-state index contributed by atoms with van der Waals surface area (Å²) in [4.78, 5) is 13.6. The van der Waals surface area contributed by atoms with Crippen LogP contribution in [0.3, 0.4) is 0 Å².